The van der Waals surface area contributed by atoms with Crippen LogP contribution in [0.2, 0.25) is 0 Å². The molecular formula is C16H15NO. The van der Waals surface area contributed by atoms with E-state index in [4.69, 9.17) is 0 Å². The summed E-state index contributed by atoms with van der Waals surface area (Å²) in [4.78, 5) is 15.7. The van der Waals surface area contributed by atoms with Crippen molar-refractivity contribution in [1.82, 2.24) is 0 Å². The quantitative estimate of drug-likeness (QED) is 0.751. The standard InChI is InChI=1S/C16H15NO/c1-2-13-8-10-14(11-9-13)12-17-16(18)15-6-4-3-5-7-15/h3-12H,2H2,1H3. The number of nitrogens with zero attached hydrogens (tertiary/aromatic N) is 1. The molecule has 90 valence electrons. The lowest BCUT2D eigenvalue weighted by Crippen LogP contribution is -1.95. The van der Waals surface area contributed by atoms with E-state index < -0.39 is 0 Å². The second-order valence-corrected chi connectivity index (χ2v) is 4.02. The third-order valence-electron chi connectivity index (χ3n) is 2.74. The summed E-state index contributed by atoms with van der Waals surface area (Å²) in [5.74, 6) is -0.213. The van der Waals surface area contributed by atoms with Crippen LogP contribution in [0.1, 0.15) is 28.4 Å². The Morgan fingerprint density at radius 2 is 1.72 bits per heavy atom. The van der Waals surface area contributed by atoms with Crippen LogP contribution in [0.3, 0.4) is 0 Å². The minimum absolute atomic E-state index is 0.213. The number of carbonyl (C=O) groups is 1. The maximum absolute atomic E-state index is 11.7. The van der Waals surface area contributed by atoms with Crippen LogP contribution >= 0.6 is 0 Å². The molecule has 0 aliphatic heterocycles. The molecule has 0 saturated carbocycles. The molecule has 0 radical (unpaired) electrons. The van der Waals surface area contributed by atoms with Crippen LogP contribution in [-0.4, -0.2) is 12.1 Å². The van der Waals surface area contributed by atoms with Gasteiger partial charge in [-0.1, -0.05) is 49.4 Å². The zero-order valence-corrected chi connectivity index (χ0v) is 10.3. The molecule has 0 heterocycles. The van der Waals surface area contributed by atoms with Crippen molar-refractivity contribution in [3.8, 4) is 0 Å². The highest BCUT2D eigenvalue weighted by molar-refractivity contribution is 6.01. The van der Waals surface area contributed by atoms with Gasteiger partial charge in [0.1, 0.15) is 0 Å². The van der Waals surface area contributed by atoms with E-state index in [0.717, 1.165) is 12.0 Å². The third-order valence-corrected chi connectivity index (χ3v) is 2.74. The number of benzene rings is 2. The van der Waals surface area contributed by atoms with Gasteiger partial charge in [0.2, 0.25) is 0 Å². The van der Waals surface area contributed by atoms with Crippen LogP contribution in [0, 0.1) is 0 Å². The summed E-state index contributed by atoms with van der Waals surface area (Å²) in [6, 6.07) is 17.1. The first-order valence-corrected chi connectivity index (χ1v) is 6.02. The molecule has 0 aromatic heterocycles. The Kier molecular flexibility index (Phi) is 4.02. The van der Waals surface area contributed by atoms with Gasteiger partial charge < -0.3 is 0 Å². The van der Waals surface area contributed by atoms with E-state index in [-0.39, 0.29) is 5.91 Å². The lowest BCUT2D eigenvalue weighted by atomic mass is 10.1. The van der Waals surface area contributed by atoms with Crippen molar-refractivity contribution in [1.29, 1.82) is 0 Å². The molecular weight excluding hydrogens is 222 g/mol. The highest BCUT2D eigenvalue weighted by Gasteiger charge is 2.00. The van der Waals surface area contributed by atoms with E-state index in [9.17, 15) is 4.79 Å². The number of rotatable bonds is 3. The summed E-state index contributed by atoms with van der Waals surface area (Å²) in [5, 5.41) is 0. The van der Waals surface area contributed by atoms with Gasteiger partial charge in [-0.25, -0.2) is 4.99 Å². The first-order chi connectivity index (χ1) is 8.79. The second-order valence-electron chi connectivity index (χ2n) is 4.02. The van der Waals surface area contributed by atoms with Crippen LogP contribution in [0.15, 0.2) is 59.6 Å². The maximum Gasteiger partial charge on any atom is 0.276 e. The summed E-state index contributed by atoms with van der Waals surface area (Å²) in [6.07, 6.45) is 2.62. The zero-order chi connectivity index (χ0) is 12.8. The highest BCUT2D eigenvalue weighted by Crippen LogP contribution is 2.04. The first-order valence-electron chi connectivity index (χ1n) is 6.02. The van der Waals surface area contributed by atoms with Gasteiger partial charge >= 0.3 is 0 Å². The third kappa shape index (κ3) is 3.14. The van der Waals surface area contributed by atoms with Crippen molar-refractivity contribution in [3.05, 3.63) is 71.3 Å². The Labute approximate surface area is 107 Å². The van der Waals surface area contributed by atoms with Gasteiger partial charge in [-0.15, -0.1) is 0 Å². The molecule has 0 aliphatic rings. The van der Waals surface area contributed by atoms with Crippen LogP contribution in [-0.2, 0) is 6.42 Å². The smallest absolute Gasteiger partial charge is 0.267 e. The fourth-order valence-electron chi connectivity index (χ4n) is 1.63. The molecule has 0 atom stereocenters. The van der Waals surface area contributed by atoms with Gasteiger partial charge in [0.05, 0.1) is 0 Å². The van der Waals surface area contributed by atoms with Crippen LogP contribution in [0.25, 0.3) is 0 Å². The normalized spacial score (nSPS) is 10.7. The van der Waals surface area contributed by atoms with E-state index in [2.05, 4.69) is 11.9 Å². The molecule has 2 aromatic carbocycles. The van der Waals surface area contributed by atoms with Gasteiger partial charge in [0.15, 0.2) is 0 Å². The fraction of sp³-hybridized carbons (Fsp3) is 0.125. The number of hydrogen-bond acceptors (Lipinski definition) is 1. The number of carbonyl (C=O) groups excluding carboxylic acids is 1. The van der Waals surface area contributed by atoms with Crippen LogP contribution in [0.5, 0.6) is 0 Å². The molecule has 0 unspecified atom stereocenters. The first kappa shape index (κ1) is 12.2. The van der Waals surface area contributed by atoms with Crippen molar-refractivity contribution in [2.75, 3.05) is 0 Å². The highest BCUT2D eigenvalue weighted by atomic mass is 16.1. The molecule has 1 amide bonds. The molecule has 0 bridgehead atoms. The summed E-state index contributed by atoms with van der Waals surface area (Å²) < 4.78 is 0. The van der Waals surface area contributed by atoms with Gasteiger partial charge in [-0.2, -0.15) is 0 Å². The van der Waals surface area contributed by atoms with E-state index >= 15 is 0 Å². The topological polar surface area (TPSA) is 29.4 Å². The predicted octanol–water partition coefficient (Wildman–Crippen LogP) is 3.51. The minimum atomic E-state index is -0.213. The average molecular weight is 237 g/mol. The lowest BCUT2D eigenvalue weighted by molar-refractivity contribution is 0.100. The zero-order valence-electron chi connectivity index (χ0n) is 10.3. The summed E-state index contributed by atoms with van der Waals surface area (Å²) in [5.41, 5.74) is 2.83. The van der Waals surface area contributed by atoms with Crippen molar-refractivity contribution in [3.63, 3.8) is 0 Å². The monoisotopic (exact) mass is 237 g/mol. The fourth-order valence-corrected chi connectivity index (χ4v) is 1.63. The predicted molar refractivity (Wildman–Crippen MR) is 74.2 cm³/mol. The number of amides is 1. The Bertz CT molecular complexity index is 541. The molecule has 0 spiro atoms. The van der Waals surface area contributed by atoms with Crippen molar-refractivity contribution in [2.45, 2.75) is 13.3 Å². The Balaban J connectivity index is 2.08. The Morgan fingerprint density at radius 1 is 1.06 bits per heavy atom. The van der Waals surface area contributed by atoms with E-state index in [1.807, 2.05) is 42.5 Å². The Morgan fingerprint density at radius 3 is 2.33 bits per heavy atom. The summed E-state index contributed by atoms with van der Waals surface area (Å²) in [7, 11) is 0. The maximum atomic E-state index is 11.7. The van der Waals surface area contributed by atoms with Crippen molar-refractivity contribution < 1.29 is 4.79 Å². The van der Waals surface area contributed by atoms with Crippen molar-refractivity contribution >= 4 is 12.1 Å². The van der Waals surface area contributed by atoms with E-state index in [1.165, 1.54) is 5.56 Å². The largest absolute Gasteiger partial charge is 0.276 e. The SMILES string of the molecule is CCc1ccc(C=NC(=O)c2ccccc2)cc1. The summed E-state index contributed by atoms with van der Waals surface area (Å²) >= 11 is 0. The van der Waals surface area contributed by atoms with Crippen molar-refractivity contribution in [2.24, 2.45) is 4.99 Å². The molecule has 2 aromatic rings. The van der Waals surface area contributed by atoms with Gasteiger partial charge in [0, 0.05) is 11.8 Å². The number of hydrogen-bond donors (Lipinski definition) is 0. The average Bonchev–Trinajstić information content (AvgIpc) is 2.46. The molecule has 0 fully saturated rings. The molecule has 0 N–H and O–H groups in total. The number of aryl methyl sites for hydroxylation is 1. The van der Waals surface area contributed by atoms with Gasteiger partial charge in [-0.3, -0.25) is 4.79 Å². The molecule has 2 rings (SSSR count). The minimum Gasteiger partial charge on any atom is -0.267 e. The Hall–Kier alpha value is -2.22. The van der Waals surface area contributed by atoms with Crippen LogP contribution < -0.4 is 0 Å². The molecule has 18 heavy (non-hydrogen) atoms. The molecule has 2 nitrogen and oxygen atoms in total. The molecule has 2 heteroatoms. The second kappa shape index (κ2) is 5.92. The van der Waals surface area contributed by atoms with E-state index in [1.54, 1.807) is 18.3 Å². The number of aliphatic imine (C=N–C) groups is 1. The lowest BCUT2D eigenvalue weighted by Gasteiger charge is -1.97. The van der Waals surface area contributed by atoms with Crippen LogP contribution in [0.4, 0.5) is 0 Å². The molecule has 0 aliphatic carbocycles. The molecule has 0 saturated heterocycles. The summed E-state index contributed by atoms with van der Waals surface area (Å²) in [6.45, 7) is 2.11. The van der Waals surface area contributed by atoms with Gasteiger partial charge in [-0.05, 0) is 29.7 Å². The van der Waals surface area contributed by atoms with E-state index in [0.29, 0.717) is 5.56 Å². The van der Waals surface area contributed by atoms with Gasteiger partial charge in [0.25, 0.3) is 5.91 Å².